The predicted octanol–water partition coefficient (Wildman–Crippen LogP) is -2.72. The van der Waals surface area contributed by atoms with Crippen LogP contribution in [0.15, 0.2) is 28.8 Å². The summed E-state index contributed by atoms with van der Waals surface area (Å²) in [5, 5.41) is 11.4. The van der Waals surface area contributed by atoms with Crippen LogP contribution >= 0.6 is 11.3 Å². The summed E-state index contributed by atoms with van der Waals surface area (Å²) in [5.74, 6) is -1.89. The molecule has 3 aliphatic heterocycles. The van der Waals surface area contributed by atoms with Crippen LogP contribution in [0.4, 0.5) is 4.79 Å². The van der Waals surface area contributed by atoms with Crippen molar-refractivity contribution in [2.24, 2.45) is 11.7 Å². The Labute approximate surface area is 187 Å². The fourth-order valence-corrected chi connectivity index (χ4v) is 4.94. The second-order valence-corrected chi connectivity index (χ2v) is 7.81. The van der Waals surface area contributed by atoms with Crippen molar-refractivity contribution in [3.05, 3.63) is 33.7 Å². The number of carbonyl (C=O) groups is 4. The number of carbonyl (C=O) groups excluding carboxylic acids is 3. The molecule has 0 unspecified atom stereocenters. The zero-order valence-corrected chi connectivity index (χ0v) is 18.0. The van der Waals surface area contributed by atoms with Gasteiger partial charge in [0.15, 0.2) is 0 Å². The molecule has 0 radical (unpaired) electrons. The van der Waals surface area contributed by atoms with Gasteiger partial charge in [0.1, 0.15) is 18.3 Å². The van der Waals surface area contributed by atoms with Crippen molar-refractivity contribution >= 4 is 35.2 Å². The van der Waals surface area contributed by atoms with Crippen molar-refractivity contribution < 1.29 is 60.0 Å². The van der Waals surface area contributed by atoms with Gasteiger partial charge in [-0.05, 0) is 23.4 Å². The van der Waals surface area contributed by atoms with E-state index in [0.717, 1.165) is 4.88 Å². The maximum atomic E-state index is 12.7. The van der Waals surface area contributed by atoms with Crippen molar-refractivity contribution in [1.29, 1.82) is 0 Å². The molecule has 3 amide bonds. The van der Waals surface area contributed by atoms with Gasteiger partial charge in [-0.3, -0.25) is 14.5 Å². The SMILES string of the molecule is NC(=O)OCC1=C(C(=O)O)N2C(=O)[C@@H]3[C@H]2[C@H](C1)CN3C(=O)Cc1cccs1.[H-].[Na+]. The van der Waals surface area contributed by atoms with E-state index in [2.05, 4.69) is 0 Å². The quantitative estimate of drug-likeness (QED) is 0.397. The third-order valence-electron chi connectivity index (χ3n) is 5.26. The minimum atomic E-state index is -1.26. The van der Waals surface area contributed by atoms with E-state index in [1.807, 2.05) is 17.5 Å². The molecule has 0 spiro atoms. The fraction of sp³-hybridized carbons (Fsp3) is 0.412. The van der Waals surface area contributed by atoms with E-state index in [1.54, 1.807) is 4.90 Å². The second-order valence-electron chi connectivity index (χ2n) is 6.78. The van der Waals surface area contributed by atoms with Gasteiger partial charge >= 0.3 is 41.6 Å². The summed E-state index contributed by atoms with van der Waals surface area (Å²) in [4.78, 5) is 51.7. The number of ether oxygens (including phenoxy) is 1. The van der Waals surface area contributed by atoms with Crippen molar-refractivity contribution in [2.45, 2.75) is 24.9 Å². The number of carboxylic acid groups (broad SMARTS) is 1. The van der Waals surface area contributed by atoms with E-state index < -0.39 is 24.0 Å². The van der Waals surface area contributed by atoms with Gasteiger partial charge in [0.05, 0.1) is 12.5 Å². The molecule has 3 N–H and O–H groups in total. The minimum absolute atomic E-state index is 0. The molecule has 144 valence electrons. The molecule has 0 aliphatic carbocycles. The number of nitrogens with two attached hydrogens (primary N) is 1. The third-order valence-corrected chi connectivity index (χ3v) is 6.14. The Bertz CT molecular complexity index is 877. The number of hydrogen-bond acceptors (Lipinski definition) is 6. The molecule has 4 heterocycles. The van der Waals surface area contributed by atoms with E-state index in [9.17, 15) is 24.3 Å². The number of amides is 3. The number of aliphatic carboxylic acids is 1. The molecule has 4 rings (SSSR count). The van der Waals surface area contributed by atoms with Crippen molar-refractivity contribution in [3.63, 3.8) is 0 Å². The molecule has 0 bridgehead atoms. The molecule has 11 heteroatoms. The molecule has 3 atom stereocenters. The molecular weight excluding hydrogens is 397 g/mol. The molecular formula is C17H18N3NaO6S. The van der Waals surface area contributed by atoms with Crippen molar-refractivity contribution in [1.82, 2.24) is 9.80 Å². The van der Waals surface area contributed by atoms with Crippen molar-refractivity contribution in [3.8, 4) is 0 Å². The zero-order valence-electron chi connectivity index (χ0n) is 16.2. The van der Waals surface area contributed by atoms with E-state index in [4.69, 9.17) is 10.5 Å². The second kappa shape index (κ2) is 7.86. The molecule has 2 saturated heterocycles. The van der Waals surface area contributed by atoms with E-state index in [1.165, 1.54) is 16.2 Å². The fourth-order valence-electron chi connectivity index (χ4n) is 4.24. The number of rotatable bonds is 5. The summed E-state index contributed by atoms with van der Waals surface area (Å²) < 4.78 is 4.76. The third kappa shape index (κ3) is 3.34. The molecule has 2 fully saturated rings. The van der Waals surface area contributed by atoms with E-state index in [0.29, 0.717) is 18.5 Å². The van der Waals surface area contributed by atoms with Gasteiger partial charge in [0, 0.05) is 17.3 Å². The summed E-state index contributed by atoms with van der Waals surface area (Å²) in [5.41, 5.74) is 5.15. The van der Waals surface area contributed by atoms with Crippen LogP contribution in [0.2, 0.25) is 0 Å². The van der Waals surface area contributed by atoms with Crippen LogP contribution in [-0.2, 0) is 25.5 Å². The first-order valence-electron chi connectivity index (χ1n) is 8.41. The summed E-state index contributed by atoms with van der Waals surface area (Å²) in [6.45, 7) is 0.0898. The molecule has 28 heavy (non-hydrogen) atoms. The topological polar surface area (TPSA) is 130 Å². The van der Waals surface area contributed by atoms with Crippen LogP contribution < -0.4 is 35.3 Å². The number of hydrogen-bond donors (Lipinski definition) is 2. The average Bonchev–Trinajstić information content (AvgIpc) is 3.23. The number of likely N-dealkylation sites (tertiary alicyclic amines) is 1. The minimum Gasteiger partial charge on any atom is -1.00 e. The number of β-lactam (4-membered cyclic amide) rings is 1. The summed E-state index contributed by atoms with van der Waals surface area (Å²) in [6.07, 6.45) is -0.457. The number of carboxylic acids is 1. The summed E-state index contributed by atoms with van der Waals surface area (Å²) >= 11 is 1.48. The van der Waals surface area contributed by atoms with E-state index >= 15 is 0 Å². The van der Waals surface area contributed by atoms with Crippen LogP contribution in [-0.4, -0.2) is 64.0 Å². The Hall–Kier alpha value is -1.88. The first-order valence-corrected chi connectivity index (χ1v) is 9.29. The van der Waals surface area contributed by atoms with Gasteiger partial charge in [0.25, 0.3) is 5.91 Å². The molecule has 0 aromatic carbocycles. The standard InChI is InChI=1S/C17H17N3O6S.Na.H/c18-17(25)26-7-9-4-8-6-19(11(21)5-10-2-1-3-27-10)14-12(8)20(15(14)22)13(9)16(23)24;;/h1-3,8,12,14H,4-7H2,(H2,18,25)(H,23,24);;/q;+1;-1/t8-,12-,14+;;/m1../s1. The normalized spacial score (nSPS) is 25.0. The Balaban J connectivity index is 0.00000150. The predicted molar refractivity (Wildman–Crippen MR) is 93.6 cm³/mol. The summed E-state index contributed by atoms with van der Waals surface area (Å²) in [6, 6.07) is 2.77. The molecule has 1 aromatic heterocycles. The molecule has 1 aromatic rings. The molecule has 3 aliphatic rings. The summed E-state index contributed by atoms with van der Waals surface area (Å²) in [7, 11) is 0. The first-order chi connectivity index (χ1) is 12.9. The molecule has 9 nitrogen and oxygen atoms in total. The van der Waals surface area contributed by atoms with Gasteiger partial charge < -0.3 is 21.9 Å². The largest absolute Gasteiger partial charge is 1.00 e. The number of thiophene rings is 1. The average molecular weight is 415 g/mol. The van der Waals surface area contributed by atoms with Crippen LogP contribution in [0.25, 0.3) is 0 Å². The Kier molecular flexibility index (Phi) is 5.85. The number of primary amides is 1. The monoisotopic (exact) mass is 415 g/mol. The van der Waals surface area contributed by atoms with Gasteiger partial charge in [-0.25, -0.2) is 9.59 Å². The Morgan fingerprint density at radius 3 is 2.75 bits per heavy atom. The van der Waals surface area contributed by atoms with Crippen LogP contribution in [0.5, 0.6) is 0 Å². The molecule has 0 saturated carbocycles. The van der Waals surface area contributed by atoms with Crippen LogP contribution in [0.3, 0.4) is 0 Å². The van der Waals surface area contributed by atoms with Gasteiger partial charge in [0.2, 0.25) is 5.91 Å². The maximum Gasteiger partial charge on any atom is 1.00 e. The van der Waals surface area contributed by atoms with E-state index in [-0.39, 0.29) is 67.6 Å². The van der Waals surface area contributed by atoms with Gasteiger partial charge in [-0.2, -0.15) is 0 Å². The zero-order chi connectivity index (χ0) is 19.3. The van der Waals surface area contributed by atoms with Crippen LogP contribution in [0, 0.1) is 5.92 Å². The van der Waals surface area contributed by atoms with Crippen molar-refractivity contribution in [2.75, 3.05) is 13.2 Å². The smallest absolute Gasteiger partial charge is 1.00 e. The Morgan fingerprint density at radius 1 is 1.39 bits per heavy atom. The Morgan fingerprint density at radius 2 is 2.14 bits per heavy atom. The number of nitrogens with zero attached hydrogens (tertiary/aromatic N) is 2. The van der Waals surface area contributed by atoms with Gasteiger partial charge in [-0.15, -0.1) is 11.3 Å². The van der Waals surface area contributed by atoms with Crippen LogP contribution in [0.1, 0.15) is 12.7 Å². The van der Waals surface area contributed by atoms with Gasteiger partial charge in [-0.1, -0.05) is 6.07 Å². The first kappa shape index (κ1) is 20.8. The maximum absolute atomic E-state index is 12.7.